The van der Waals surface area contributed by atoms with Gasteiger partial charge in [0.2, 0.25) is 0 Å². The summed E-state index contributed by atoms with van der Waals surface area (Å²) in [6.45, 7) is 5.03. The highest BCUT2D eigenvalue weighted by molar-refractivity contribution is 5.74. The van der Waals surface area contributed by atoms with Crippen LogP contribution in [-0.2, 0) is 6.54 Å². The standard InChI is InChI=1S/C20H26N2O3/c1-4-22(14-18(23)16-11-9-15(2)10-12-16)20(24)21-13-17-7-5-6-8-19(17)25-3/h5-12,18,23H,4,13-14H2,1-3H3,(H,21,24). The molecule has 2 aromatic carbocycles. The lowest BCUT2D eigenvalue weighted by atomic mass is 10.1. The highest BCUT2D eigenvalue weighted by atomic mass is 16.5. The number of hydrogen-bond acceptors (Lipinski definition) is 3. The molecule has 0 saturated heterocycles. The van der Waals surface area contributed by atoms with Crippen LogP contribution >= 0.6 is 0 Å². The number of benzene rings is 2. The lowest BCUT2D eigenvalue weighted by Gasteiger charge is -2.24. The average Bonchev–Trinajstić information content (AvgIpc) is 2.64. The summed E-state index contributed by atoms with van der Waals surface area (Å²) in [5.74, 6) is 0.741. The maximum atomic E-state index is 12.4. The smallest absolute Gasteiger partial charge is 0.317 e. The molecule has 0 aliphatic heterocycles. The summed E-state index contributed by atoms with van der Waals surface area (Å²) in [5.41, 5.74) is 2.85. The van der Waals surface area contributed by atoms with Crippen LogP contribution in [0.15, 0.2) is 48.5 Å². The topological polar surface area (TPSA) is 61.8 Å². The minimum Gasteiger partial charge on any atom is -0.496 e. The number of aliphatic hydroxyl groups is 1. The van der Waals surface area contributed by atoms with Gasteiger partial charge < -0.3 is 20.1 Å². The predicted octanol–water partition coefficient (Wildman–Crippen LogP) is 3.27. The van der Waals surface area contributed by atoms with Crippen molar-refractivity contribution in [3.05, 3.63) is 65.2 Å². The van der Waals surface area contributed by atoms with Gasteiger partial charge in [0.15, 0.2) is 0 Å². The third-order valence-electron chi connectivity index (χ3n) is 4.15. The molecule has 5 heteroatoms. The second kappa shape index (κ2) is 9.08. The fourth-order valence-corrected chi connectivity index (χ4v) is 2.59. The summed E-state index contributed by atoms with van der Waals surface area (Å²) < 4.78 is 5.29. The van der Waals surface area contributed by atoms with Crippen LogP contribution in [0.1, 0.15) is 29.7 Å². The first-order valence-electron chi connectivity index (χ1n) is 8.44. The molecule has 2 N–H and O–H groups in total. The molecular weight excluding hydrogens is 316 g/mol. The van der Waals surface area contributed by atoms with Crippen LogP contribution in [0.4, 0.5) is 4.79 Å². The number of urea groups is 1. The SMILES string of the molecule is CCN(CC(O)c1ccc(C)cc1)C(=O)NCc1ccccc1OC. The van der Waals surface area contributed by atoms with Crippen LogP contribution in [-0.4, -0.2) is 36.2 Å². The van der Waals surface area contributed by atoms with Crippen LogP contribution in [0.2, 0.25) is 0 Å². The lowest BCUT2D eigenvalue weighted by molar-refractivity contribution is 0.123. The van der Waals surface area contributed by atoms with Crippen molar-refractivity contribution in [2.75, 3.05) is 20.2 Å². The van der Waals surface area contributed by atoms with Crippen molar-refractivity contribution < 1.29 is 14.6 Å². The fourth-order valence-electron chi connectivity index (χ4n) is 2.59. The van der Waals surface area contributed by atoms with E-state index in [4.69, 9.17) is 4.74 Å². The molecule has 0 aliphatic carbocycles. The number of carbonyl (C=O) groups excluding carboxylic acids is 1. The first-order valence-corrected chi connectivity index (χ1v) is 8.44. The first kappa shape index (κ1) is 18.8. The molecule has 0 bridgehead atoms. The number of ether oxygens (including phenoxy) is 1. The zero-order chi connectivity index (χ0) is 18.2. The maximum Gasteiger partial charge on any atom is 0.317 e. The monoisotopic (exact) mass is 342 g/mol. The second-order valence-corrected chi connectivity index (χ2v) is 5.94. The number of aliphatic hydroxyl groups excluding tert-OH is 1. The van der Waals surface area contributed by atoms with E-state index in [1.54, 1.807) is 12.0 Å². The highest BCUT2D eigenvalue weighted by Gasteiger charge is 2.17. The summed E-state index contributed by atoms with van der Waals surface area (Å²) in [4.78, 5) is 14.0. The Morgan fingerprint density at radius 1 is 1.20 bits per heavy atom. The van der Waals surface area contributed by atoms with Gasteiger partial charge in [-0.05, 0) is 25.5 Å². The van der Waals surface area contributed by atoms with Gasteiger partial charge in [0.1, 0.15) is 5.75 Å². The maximum absolute atomic E-state index is 12.4. The van der Waals surface area contributed by atoms with Crippen molar-refractivity contribution in [2.24, 2.45) is 0 Å². The van der Waals surface area contributed by atoms with Crippen LogP contribution in [0.5, 0.6) is 5.75 Å². The molecule has 0 radical (unpaired) electrons. The Bertz CT molecular complexity index is 686. The first-order chi connectivity index (χ1) is 12.0. The Kier molecular flexibility index (Phi) is 6.83. The summed E-state index contributed by atoms with van der Waals surface area (Å²) in [6.07, 6.45) is -0.711. The molecule has 0 spiro atoms. The Hall–Kier alpha value is -2.53. The van der Waals surface area contributed by atoms with E-state index in [0.29, 0.717) is 13.1 Å². The summed E-state index contributed by atoms with van der Waals surface area (Å²) >= 11 is 0. The predicted molar refractivity (Wildman–Crippen MR) is 98.6 cm³/mol. The Balaban J connectivity index is 1.95. The van der Waals surface area contributed by atoms with Gasteiger partial charge in [0, 0.05) is 18.7 Å². The second-order valence-electron chi connectivity index (χ2n) is 5.94. The average molecular weight is 342 g/mol. The van der Waals surface area contributed by atoms with Gasteiger partial charge in [-0.1, -0.05) is 48.0 Å². The van der Waals surface area contributed by atoms with E-state index in [1.165, 1.54) is 0 Å². The molecule has 0 saturated carbocycles. The summed E-state index contributed by atoms with van der Waals surface area (Å²) in [7, 11) is 1.61. The number of para-hydroxylation sites is 1. The lowest BCUT2D eigenvalue weighted by Crippen LogP contribution is -2.41. The van der Waals surface area contributed by atoms with E-state index in [1.807, 2.05) is 62.4 Å². The van der Waals surface area contributed by atoms with Crippen molar-refractivity contribution in [2.45, 2.75) is 26.5 Å². The van der Waals surface area contributed by atoms with E-state index in [0.717, 1.165) is 22.4 Å². The molecule has 2 amide bonds. The van der Waals surface area contributed by atoms with Crippen molar-refractivity contribution >= 4 is 6.03 Å². The molecule has 0 aliphatic rings. The minimum atomic E-state index is -0.711. The van der Waals surface area contributed by atoms with Crippen LogP contribution in [0.25, 0.3) is 0 Å². The van der Waals surface area contributed by atoms with Gasteiger partial charge in [0.05, 0.1) is 19.8 Å². The number of nitrogens with one attached hydrogen (secondary N) is 1. The summed E-state index contributed by atoms with van der Waals surface area (Å²) in [5, 5.41) is 13.3. The number of hydrogen-bond donors (Lipinski definition) is 2. The Morgan fingerprint density at radius 3 is 2.52 bits per heavy atom. The number of aryl methyl sites for hydroxylation is 1. The number of carbonyl (C=O) groups is 1. The molecule has 134 valence electrons. The molecular formula is C20H26N2O3. The van der Waals surface area contributed by atoms with Gasteiger partial charge in [-0.2, -0.15) is 0 Å². The van der Waals surface area contributed by atoms with Crippen molar-refractivity contribution in [3.63, 3.8) is 0 Å². The fraction of sp³-hybridized carbons (Fsp3) is 0.350. The van der Waals surface area contributed by atoms with Gasteiger partial charge in [-0.15, -0.1) is 0 Å². The van der Waals surface area contributed by atoms with Crippen LogP contribution < -0.4 is 10.1 Å². The minimum absolute atomic E-state index is 0.209. The third-order valence-corrected chi connectivity index (χ3v) is 4.15. The molecule has 0 fully saturated rings. The van der Waals surface area contributed by atoms with Crippen LogP contribution in [0.3, 0.4) is 0 Å². The van der Waals surface area contributed by atoms with Crippen molar-refractivity contribution in [1.29, 1.82) is 0 Å². The van der Waals surface area contributed by atoms with Crippen molar-refractivity contribution in [1.82, 2.24) is 10.2 Å². The van der Waals surface area contributed by atoms with Gasteiger partial charge in [-0.25, -0.2) is 4.79 Å². The molecule has 0 heterocycles. The van der Waals surface area contributed by atoms with E-state index in [2.05, 4.69) is 5.32 Å². The van der Waals surface area contributed by atoms with Crippen LogP contribution in [0, 0.1) is 6.92 Å². The number of rotatable bonds is 7. The molecule has 5 nitrogen and oxygen atoms in total. The van der Waals surface area contributed by atoms with E-state index in [9.17, 15) is 9.90 Å². The largest absolute Gasteiger partial charge is 0.496 e. The molecule has 1 unspecified atom stereocenters. The normalized spacial score (nSPS) is 11.7. The van der Waals surface area contributed by atoms with Gasteiger partial charge in [-0.3, -0.25) is 0 Å². The Morgan fingerprint density at radius 2 is 1.88 bits per heavy atom. The molecule has 25 heavy (non-hydrogen) atoms. The number of nitrogens with zero attached hydrogens (tertiary/aromatic N) is 1. The van der Waals surface area contributed by atoms with E-state index in [-0.39, 0.29) is 12.6 Å². The van der Waals surface area contributed by atoms with Crippen molar-refractivity contribution in [3.8, 4) is 5.75 Å². The third kappa shape index (κ3) is 5.22. The highest BCUT2D eigenvalue weighted by Crippen LogP contribution is 2.18. The zero-order valence-electron chi connectivity index (χ0n) is 15.0. The molecule has 1 atom stereocenters. The van der Waals surface area contributed by atoms with Gasteiger partial charge >= 0.3 is 6.03 Å². The number of amides is 2. The van der Waals surface area contributed by atoms with E-state index < -0.39 is 6.10 Å². The molecule has 2 rings (SSSR count). The molecule has 2 aromatic rings. The summed E-state index contributed by atoms with van der Waals surface area (Å²) in [6, 6.07) is 15.0. The van der Waals surface area contributed by atoms with E-state index >= 15 is 0 Å². The van der Waals surface area contributed by atoms with Gasteiger partial charge in [0.25, 0.3) is 0 Å². The quantitative estimate of drug-likeness (QED) is 0.812. The Labute approximate surface area is 149 Å². The zero-order valence-corrected chi connectivity index (χ0v) is 15.0. The molecule has 0 aromatic heterocycles. The number of likely N-dealkylation sites (N-methyl/N-ethyl adjacent to an activating group) is 1. The number of methoxy groups -OCH3 is 1.